The molecular weight excluding hydrogens is 348 g/mol. The molecule has 0 fully saturated rings. The molecule has 0 spiro atoms. The van der Waals surface area contributed by atoms with Crippen LogP contribution in [0.25, 0.3) is 5.69 Å². The van der Waals surface area contributed by atoms with Gasteiger partial charge in [-0.2, -0.15) is 0 Å². The first-order valence-electron chi connectivity index (χ1n) is 6.35. The van der Waals surface area contributed by atoms with Crippen molar-refractivity contribution >= 4 is 28.5 Å². The smallest absolute Gasteiger partial charge is 0.223 e. The lowest BCUT2D eigenvalue weighted by atomic mass is 10.3. The summed E-state index contributed by atoms with van der Waals surface area (Å²) in [6.45, 7) is 2.60. The Morgan fingerprint density at radius 1 is 1.14 bits per heavy atom. The monoisotopic (exact) mass is 362 g/mol. The topological polar surface area (TPSA) is 43.1 Å². The number of hydrogen-bond donors (Lipinski definition) is 0. The Balaban J connectivity index is 0.00000161. The van der Waals surface area contributed by atoms with Crippen LogP contribution in [-0.4, -0.2) is 13.9 Å². The second-order valence-corrected chi connectivity index (χ2v) is 5.25. The van der Waals surface area contributed by atoms with Crippen LogP contribution in [0.4, 0.5) is 0 Å². The highest BCUT2D eigenvalue weighted by atomic mass is 79.9. The maximum absolute atomic E-state index is 4.53. The average Bonchev–Trinajstić information content (AvgIpc) is 2.88. The van der Waals surface area contributed by atoms with E-state index in [2.05, 4.69) is 31.0 Å². The highest BCUT2D eigenvalue weighted by Crippen LogP contribution is 2.10. The fraction of sp³-hybridized carbons (Fsp3) is 0.133. The molecule has 0 aliphatic carbocycles. The summed E-state index contributed by atoms with van der Waals surface area (Å²) in [4.78, 5) is 13.9. The van der Waals surface area contributed by atoms with Crippen LogP contribution in [-0.2, 0) is 6.54 Å². The molecule has 2 heterocycles. The van der Waals surface area contributed by atoms with Crippen LogP contribution < -0.4 is 4.80 Å². The molecule has 0 N–H and O–H groups in total. The molecule has 2 aromatic heterocycles. The third-order valence-electron chi connectivity index (χ3n) is 2.83. The summed E-state index contributed by atoms with van der Waals surface area (Å²) in [6, 6.07) is 14.1. The van der Waals surface area contributed by atoms with Crippen molar-refractivity contribution in [3.05, 3.63) is 71.0 Å². The molecular formula is C15H15BrN4S. The third kappa shape index (κ3) is 3.86. The summed E-state index contributed by atoms with van der Waals surface area (Å²) < 4.78 is 2.09. The summed E-state index contributed by atoms with van der Waals surface area (Å²) in [5.41, 5.74) is 2.21. The lowest BCUT2D eigenvalue weighted by molar-refractivity contribution is 0.956. The number of benzene rings is 1. The zero-order chi connectivity index (χ0) is 13.8. The average molecular weight is 363 g/mol. The van der Waals surface area contributed by atoms with E-state index in [0.29, 0.717) is 6.54 Å². The molecule has 0 aliphatic rings. The molecule has 0 atom stereocenters. The molecule has 108 valence electrons. The highest BCUT2D eigenvalue weighted by molar-refractivity contribution is 8.93. The number of aryl methyl sites for hydroxylation is 1. The van der Waals surface area contributed by atoms with Gasteiger partial charge in [-0.25, -0.2) is 4.98 Å². The van der Waals surface area contributed by atoms with Crippen LogP contribution in [0.15, 0.2) is 59.9 Å². The van der Waals surface area contributed by atoms with Crippen molar-refractivity contribution in [3.63, 3.8) is 0 Å². The molecule has 1 aromatic carbocycles. The maximum atomic E-state index is 4.53. The van der Waals surface area contributed by atoms with E-state index >= 15 is 0 Å². The van der Waals surface area contributed by atoms with E-state index in [1.165, 1.54) is 0 Å². The van der Waals surface area contributed by atoms with Gasteiger partial charge in [-0.3, -0.25) is 13.9 Å². The first-order chi connectivity index (χ1) is 9.83. The quantitative estimate of drug-likeness (QED) is 0.717. The minimum absolute atomic E-state index is 0. The van der Waals surface area contributed by atoms with E-state index in [-0.39, 0.29) is 17.0 Å². The molecule has 0 amide bonds. The van der Waals surface area contributed by atoms with Crippen LogP contribution in [0, 0.1) is 6.92 Å². The Morgan fingerprint density at radius 2 is 1.95 bits per heavy atom. The Hall–Kier alpha value is -1.79. The molecule has 3 aromatic rings. The summed E-state index contributed by atoms with van der Waals surface area (Å²) in [5, 5.41) is 0. The molecule has 0 radical (unpaired) electrons. The van der Waals surface area contributed by atoms with Gasteiger partial charge in [0.15, 0.2) is 0 Å². The van der Waals surface area contributed by atoms with Crippen molar-refractivity contribution in [1.29, 1.82) is 0 Å². The number of rotatable bonds is 3. The Labute approximate surface area is 137 Å². The predicted molar refractivity (Wildman–Crippen MR) is 90.0 cm³/mol. The van der Waals surface area contributed by atoms with Crippen LogP contribution in [0.2, 0.25) is 0 Å². The number of aromatic nitrogens is 3. The third-order valence-corrected chi connectivity index (χ3v) is 3.88. The van der Waals surface area contributed by atoms with Crippen molar-refractivity contribution in [2.45, 2.75) is 13.5 Å². The van der Waals surface area contributed by atoms with Crippen molar-refractivity contribution in [3.8, 4) is 5.69 Å². The standard InChI is InChI=1S/C15H14N4S.BrH/c1-12-18-15(17-11-13-6-5-9-16-10-13)20-19(12)14-7-3-2-4-8-14;/h2-10H,11H2,1H3;1H. The predicted octanol–water partition coefficient (Wildman–Crippen LogP) is 3.32. The Kier molecular flexibility index (Phi) is 5.41. The Bertz CT molecular complexity index is 750. The highest BCUT2D eigenvalue weighted by Gasteiger charge is 2.03. The molecule has 4 nitrogen and oxygen atoms in total. The summed E-state index contributed by atoms with van der Waals surface area (Å²) in [7, 11) is 0. The fourth-order valence-corrected chi connectivity index (χ4v) is 2.73. The largest absolute Gasteiger partial charge is 0.264 e. The minimum atomic E-state index is 0. The van der Waals surface area contributed by atoms with Crippen molar-refractivity contribution in [1.82, 2.24) is 13.9 Å². The van der Waals surface area contributed by atoms with Gasteiger partial charge in [0.05, 0.1) is 12.2 Å². The van der Waals surface area contributed by atoms with Crippen LogP contribution in [0.1, 0.15) is 11.4 Å². The summed E-state index contributed by atoms with van der Waals surface area (Å²) in [6.07, 6.45) is 3.59. The molecule has 0 saturated carbocycles. The van der Waals surface area contributed by atoms with E-state index < -0.39 is 0 Å². The van der Waals surface area contributed by atoms with Crippen molar-refractivity contribution < 1.29 is 0 Å². The van der Waals surface area contributed by atoms with Gasteiger partial charge in [-0.15, -0.1) is 17.0 Å². The van der Waals surface area contributed by atoms with Crippen molar-refractivity contribution in [2.24, 2.45) is 4.99 Å². The number of hydrogen-bond acceptors (Lipinski definition) is 4. The second-order valence-electron chi connectivity index (χ2n) is 4.34. The van der Waals surface area contributed by atoms with Crippen molar-refractivity contribution in [2.75, 3.05) is 0 Å². The van der Waals surface area contributed by atoms with Gasteiger partial charge in [-0.1, -0.05) is 24.3 Å². The molecule has 21 heavy (non-hydrogen) atoms. The van der Waals surface area contributed by atoms with E-state index in [0.717, 1.165) is 21.9 Å². The zero-order valence-electron chi connectivity index (χ0n) is 11.5. The van der Waals surface area contributed by atoms with Crippen LogP contribution in [0.5, 0.6) is 0 Å². The molecule has 0 saturated heterocycles. The fourth-order valence-electron chi connectivity index (χ4n) is 1.87. The first kappa shape index (κ1) is 15.6. The molecule has 0 unspecified atom stereocenters. The number of pyridine rings is 1. The normalized spacial score (nSPS) is 11.2. The molecule has 3 rings (SSSR count). The lowest BCUT2D eigenvalue weighted by Crippen LogP contribution is -1.99. The lowest BCUT2D eigenvalue weighted by Gasteiger charge is -2.00. The molecule has 0 bridgehead atoms. The number of halogens is 1. The van der Waals surface area contributed by atoms with E-state index in [1.807, 2.05) is 43.5 Å². The minimum Gasteiger partial charge on any atom is -0.264 e. The number of nitrogens with zero attached hydrogens (tertiary/aromatic N) is 4. The van der Waals surface area contributed by atoms with Crippen LogP contribution in [0.3, 0.4) is 0 Å². The van der Waals surface area contributed by atoms with Gasteiger partial charge in [0.1, 0.15) is 5.82 Å². The summed E-state index contributed by atoms with van der Waals surface area (Å²) >= 11 is 1.55. The zero-order valence-corrected chi connectivity index (χ0v) is 14.0. The van der Waals surface area contributed by atoms with Gasteiger partial charge >= 0.3 is 0 Å². The van der Waals surface area contributed by atoms with Gasteiger partial charge in [-0.05, 0) is 42.2 Å². The molecule has 6 heteroatoms. The molecule has 0 aliphatic heterocycles. The second kappa shape index (κ2) is 7.28. The van der Waals surface area contributed by atoms with E-state index in [4.69, 9.17) is 0 Å². The van der Waals surface area contributed by atoms with Gasteiger partial charge in [0.2, 0.25) is 4.80 Å². The van der Waals surface area contributed by atoms with E-state index in [9.17, 15) is 0 Å². The SMILES string of the molecule is Br.Cc1nc(=NCc2cccnc2)sn1-c1ccccc1. The Morgan fingerprint density at radius 3 is 2.67 bits per heavy atom. The summed E-state index contributed by atoms with van der Waals surface area (Å²) in [5.74, 6) is 0.950. The van der Waals surface area contributed by atoms with Gasteiger partial charge in [0.25, 0.3) is 0 Å². The van der Waals surface area contributed by atoms with Gasteiger partial charge < -0.3 is 0 Å². The van der Waals surface area contributed by atoms with E-state index in [1.54, 1.807) is 17.7 Å². The van der Waals surface area contributed by atoms with Gasteiger partial charge in [0, 0.05) is 12.4 Å². The maximum Gasteiger partial charge on any atom is 0.223 e. The number of para-hydroxylation sites is 1. The van der Waals surface area contributed by atoms with Crippen LogP contribution >= 0.6 is 28.5 Å². The first-order valence-corrected chi connectivity index (χ1v) is 7.12.